The number of ether oxygens (including phenoxy) is 2. The van der Waals surface area contributed by atoms with Gasteiger partial charge in [0.15, 0.2) is 0 Å². The molecule has 0 radical (unpaired) electrons. The molecule has 0 spiro atoms. The van der Waals surface area contributed by atoms with Crippen molar-refractivity contribution in [3.63, 3.8) is 0 Å². The highest BCUT2D eigenvalue weighted by atomic mass is 16.5. The molecule has 0 saturated carbocycles. The average molecular weight is 300 g/mol. The summed E-state index contributed by atoms with van der Waals surface area (Å²) in [6.07, 6.45) is 12.7. The highest BCUT2D eigenvalue weighted by molar-refractivity contribution is 5.69. The third-order valence-corrected chi connectivity index (χ3v) is 3.54. The monoisotopic (exact) mass is 300 g/mol. The molecule has 0 aromatic carbocycles. The molecule has 0 aliphatic rings. The van der Waals surface area contributed by atoms with E-state index in [9.17, 15) is 9.59 Å². The maximum absolute atomic E-state index is 11.1. The summed E-state index contributed by atoms with van der Waals surface area (Å²) < 4.78 is 9.49. The summed E-state index contributed by atoms with van der Waals surface area (Å²) in [6.45, 7) is 2.33. The quantitative estimate of drug-likeness (QED) is 0.352. The summed E-state index contributed by atoms with van der Waals surface area (Å²) in [4.78, 5) is 22.0. The number of hydrogen-bond donors (Lipinski definition) is 0. The molecular formula is C17H32O4. The second kappa shape index (κ2) is 15.3. The molecule has 124 valence electrons. The Labute approximate surface area is 129 Å². The van der Waals surface area contributed by atoms with Gasteiger partial charge in [-0.25, -0.2) is 0 Å². The van der Waals surface area contributed by atoms with E-state index in [-0.39, 0.29) is 11.9 Å². The molecule has 21 heavy (non-hydrogen) atoms. The van der Waals surface area contributed by atoms with Gasteiger partial charge in [0.2, 0.25) is 0 Å². The van der Waals surface area contributed by atoms with E-state index in [0.29, 0.717) is 19.4 Å². The summed E-state index contributed by atoms with van der Waals surface area (Å²) in [6, 6.07) is 0. The molecular weight excluding hydrogens is 268 g/mol. The molecule has 0 saturated heterocycles. The first-order valence-electron chi connectivity index (χ1n) is 8.43. The van der Waals surface area contributed by atoms with Gasteiger partial charge < -0.3 is 9.47 Å². The summed E-state index contributed by atoms with van der Waals surface area (Å²) in [5.41, 5.74) is 0. The Balaban J connectivity index is 3.09. The van der Waals surface area contributed by atoms with Crippen LogP contribution in [0.1, 0.15) is 84.0 Å². The lowest BCUT2D eigenvalue weighted by molar-refractivity contribution is -0.143. The standard InChI is InChI=1S/C17H32O4/c1-3-21-17(19)15-13-11-9-7-5-4-6-8-10-12-14-16(18)20-2/h3-15H2,1-2H3. The van der Waals surface area contributed by atoms with Crippen molar-refractivity contribution in [3.05, 3.63) is 0 Å². The van der Waals surface area contributed by atoms with Gasteiger partial charge in [-0.05, 0) is 19.8 Å². The van der Waals surface area contributed by atoms with E-state index in [1.807, 2.05) is 6.92 Å². The van der Waals surface area contributed by atoms with Crippen molar-refractivity contribution < 1.29 is 19.1 Å². The van der Waals surface area contributed by atoms with E-state index in [1.165, 1.54) is 45.6 Å². The van der Waals surface area contributed by atoms with Crippen LogP contribution in [0.5, 0.6) is 0 Å². The molecule has 0 aliphatic heterocycles. The van der Waals surface area contributed by atoms with E-state index in [2.05, 4.69) is 4.74 Å². The van der Waals surface area contributed by atoms with Gasteiger partial charge in [-0.1, -0.05) is 51.4 Å². The molecule has 0 heterocycles. The van der Waals surface area contributed by atoms with Crippen molar-refractivity contribution in [2.24, 2.45) is 0 Å². The molecule has 4 nitrogen and oxygen atoms in total. The zero-order chi connectivity index (χ0) is 15.8. The predicted molar refractivity (Wildman–Crippen MR) is 84.1 cm³/mol. The van der Waals surface area contributed by atoms with Gasteiger partial charge in [-0.3, -0.25) is 9.59 Å². The summed E-state index contributed by atoms with van der Waals surface area (Å²) in [7, 11) is 1.44. The van der Waals surface area contributed by atoms with Gasteiger partial charge in [0.1, 0.15) is 0 Å². The molecule has 0 unspecified atom stereocenters. The van der Waals surface area contributed by atoms with Gasteiger partial charge in [-0.2, -0.15) is 0 Å². The van der Waals surface area contributed by atoms with E-state index in [4.69, 9.17) is 4.74 Å². The second-order valence-corrected chi connectivity index (χ2v) is 5.42. The van der Waals surface area contributed by atoms with Crippen molar-refractivity contribution in [2.45, 2.75) is 84.0 Å². The number of rotatable bonds is 14. The highest BCUT2D eigenvalue weighted by Crippen LogP contribution is 2.12. The molecule has 0 N–H and O–H groups in total. The minimum absolute atomic E-state index is 0.0653. The van der Waals surface area contributed by atoms with Crippen LogP contribution in [0.25, 0.3) is 0 Å². The van der Waals surface area contributed by atoms with Crippen molar-refractivity contribution in [1.29, 1.82) is 0 Å². The largest absolute Gasteiger partial charge is 0.469 e. The van der Waals surface area contributed by atoms with Gasteiger partial charge in [0.05, 0.1) is 13.7 Å². The topological polar surface area (TPSA) is 52.6 Å². The average Bonchev–Trinajstić information content (AvgIpc) is 2.48. The third-order valence-electron chi connectivity index (χ3n) is 3.54. The highest BCUT2D eigenvalue weighted by Gasteiger charge is 2.01. The number of esters is 2. The van der Waals surface area contributed by atoms with Crippen LogP contribution in [0, 0.1) is 0 Å². The van der Waals surface area contributed by atoms with E-state index in [1.54, 1.807) is 0 Å². The van der Waals surface area contributed by atoms with Crippen LogP contribution < -0.4 is 0 Å². The smallest absolute Gasteiger partial charge is 0.305 e. The Hall–Kier alpha value is -1.06. The van der Waals surface area contributed by atoms with Crippen LogP contribution in [0.15, 0.2) is 0 Å². The predicted octanol–water partition coefficient (Wildman–Crippen LogP) is 4.40. The van der Waals surface area contributed by atoms with Crippen LogP contribution in [-0.2, 0) is 19.1 Å². The molecule has 0 atom stereocenters. The molecule has 0 bridgehead atoms. The maximum Gasteiger partial charge on any atom is 0.305 e. The first-order chi connectivity index (χ1) is 10.2. The van der Waals surface area contributed by atoms with Crippen molar-refractivity contribution in [3.8, 4) is 0 Å². The Morgan fingerprint density at radius 2 is 1.05 bits per heavy atom. The van der Waals surface area contributed by atoms with Crippen LogP contribution in [0.4, 0.5) is 0 Å². The third kappa shape index (κ3) is 15.2. The van der Waals surface area contributed by atoms with Crippen LogP contribution >= 0.6 is 0 Å². The van der Waals surface area contributed by atoms with Crippen molar-refractivity contribution in [2.75, 3.05) is 13.7 Å². The number of hydrogen-bond acceptors (Lipinski definition) is 4. The minimum Gasteiger partial charge on any atom is -0.469 e. The molecule has 0 amide bonds. The fourth-order valence-electron chi connectivity index (χ4n) is 2.29. The molecule has 0 rings (SSSR count). The Morgan fingerprint density at radius 1 is 0.667 bits per heavy atom. The Kier molecular flexibility index (Phi) is 14.6. The lowest BCUT2D eigenvalue weighted by atomic mass is 10.1. The second-order valence-electron chi connectivity index (χ2n) is 5.42. The lowest BCUT2D eigenvalue weighted by Gasteiger charge is -2.03. The first kappa shape index (κ1) is 19.9. The van der Waals surface area contributed by atoms with E-state index in [0.717, 1.165) is 25.7 Å². The molecule has 0 aliphatic carbocycles. The van der Waals surface area contributed by atoms with E-state index < -0.39 is 0 Å². The summed E-state index contributed by atoms with van der Waals surface area (Å²) >= 11 is 0. The molecule has 0 aromatic heterocycles. The maximum atomic E-state index is 11.1. The molecule has 0 aromatic rings. The fraction of sp³-hybridized carbons (Fsp3) is 0.882. The Morgan fingerprint density at radius 3 is 1.43 bits per heavy atom. The SMILES string of the molecule is CCOC(=O)CCCCCCCCCCCCC(=O)OC. The van der Waals surface area contributed by atoms with Gasteiger partial charge in [0, 0.05) is 12.8 Å². The van der Waals surface area contributed by atoms with Crippen molar-refractivity contribution in [1.82, 2.24) is 0 Å². The zero-order valence-corrected chi connectivity index (χ0v) is 13.8. The fourth-order valence-corrected chi connectivity index (χ4v) is 2.29. The van der Waals surface area contributed by atoms with E-state index >= 15 is 0 Å². The zero-order valence-electron chi connectivity index (χ0n) is 13.8. The number of carbonyl (C=O) groups is 2. The Bertz CT molecular complexity index is 264. The minimum atomic E-state index is -0.0992. The summed E-state index contributed by atoms with van der Waals surface area (Å²) in [5, 5.41) is 0. The van der Waals surface area contributed by atoms with Crippen LogP contribution in [0.2, 0.25) is 0 Å². The van der Waals surface area contributed by atoms with Crippen LogP contribution in [0.3, 0.4) is 0 Å². The van der Waals surface area contributed by atoms with Gasteiger partial charge >= 0.3 is 11.9 Å². The summed E-state index contributed by atoms with van der Waals surface area (Å²) in [5.74, 6) is -0.165. The number of unbranched alkanes of at least 4 members (excludes halogenated alkanes) is 9. The number of methoxy groups -OCH3 is 1. The van der Waals surface area contributed by atoms with Crippen LogP contribution in [-0.4, -0.2) is 25.7 Å². The van der Waals surface area contributed by atoms with Crippen molar-refractivity contribution >= 4 is 11.9 Å². The van der Waals surface area contributed by atoms with Gasteiger partial charge in [-0.15, -0.1) is 0 Å². The number of carbonyl (C=O) groups excluding carboxylic acids is 2. The normalized spacial score (nSPS) is 10.4. The molecule has 0 fully saturated rings. The first-order valence-corrected chi connectivity index (χ1v) is 8.43. The molecule has 4 heteroatoms. The lowest BCUT2D eigenvalue weighted by Crippen LogP contribution is -2.03. The van der Waals surface area contributed by atoms with Gasteiger partial charge in [0.25, 0.3) is 0 Å².